The van der Waals surface area contributed by atoms with Gasteiger partial charge in [0.1, 0.15) is 5.52 Å². The first-order chi connectivity index (χ1) is 20.4. The minimum absolute atomic E-state index is 0.0380. The van der Waals surface area contributed by atoms with Crippen molar-refractivity contribution in [1.82, 2.24) is 24.2 Å². The third kappa shape index (κ3) is 5.68. The summed E-state index contributed by atoms with van der Waals surface area (Å²) in [6.07, 6.45) is -1.78. The van der Waals surface area contributed by atoms with Crippen LogP contribution in [0.3, 0.4) is 0 Å². The number of carbonyl (C=O) groups is 1. The normalized spacial score (nSPS) is 18.5. The largest absolute Gasteiger partial charge is 0.396 e. The zero-order chi connectivity index (χ0) is 30.6. The van der Waals surface area contributed by atoms with E-state index < -0.39 is 35.6 Å². The van der Waals surface area contributed by atoms with Gasteiger partial charge in [-0.3, -0.25) is 18.8 Å². The molecule has 1 amide bonds. The van der Waals surface area contributed by atoms with Crippen LogP contribution < -0.4 is 11.3 Å². The van der Waals surface area contributed by atoms with Gasteiger partial charge in [-0.05, 0) is 36.8 Å². The molecule has 1 aliphatic heterocycles. The van der Waals surface area contributed by atoms with Crippen LogP contribution in [-0.4, -0.2) is 60.1 Å². The fourth-order valence-corrected chi connectivity index (χ4v) is 5.97. The van der Waals surface area contributed by atoms with E-state index in [2.05, 4.69) is 10.1 Å². The summed E-state index contributed by atoms with van der Waals surface area (Å²) in [6.45, 7) is 0.0745. The first-order valence-corrected chi connectivity index (χ1v) is 14.3. The summed E-state index contributed by atoms with van der Waals surface area (Å²) in [6, 6.07) is 15.3. The molecule has 9 nitrogen and oxygen atoms in total. The maximum Gasteiger partial charge on any atom is 0.396 e. The lowest BCUT2D eigenvalue weighted by molar-refractivity contribution is -0.162. The Balaban J connectivity index is 1.15. The molecule has 3 N–H and O–H groups in total. The van der Waals surface area contributed by atoms with Crippen LogP contribution in [0.5, 0.6) is 0 Å². The number of aromatic nitrogens is 4. The SMILES string of the molecule is Cn1nc2c(=O)n(CC3(O)CCN(C(=O)C[C@H](c4ccccc4)C(F)(F)F)CC3)cnc2c1-c1ccc(C2(N)CC2)cc1. The van der Waals surface area contributed by atoms with Crippen molar-refractivity contribution >= 4 is 16.9 Å². The number of alkyl halides is 3. The van der Waals surface area contributed by atoms with E-state index in [1.165, 1.54) is 40.1 Å². The van der Waals surface area contributed by atoms with Crippen LogP contribution in [0.1, 0.15) is 49.1 Å². The minimum Gasteiger partial charge on any atom is -0.388 e. The Morgan fingerprint density at radius 3 is 2.28 bits per heavy atom. The molecule has 226 valence electrons. The van der Waals surface area contributed by atoms with Crippen molar-refractivity contribution in [1.29, 1.82) is 0 Å². The minimum atomic E-state index is -4.57. The number of piperidine rings is 1. The van der Waals surface area contributed by atoms with Crippen LogP contribution in [0, 0.1) is 0 Å². The molecule has 0 unspecified atom stereocenters. The molecular weight excluding hydrogens is 561 g/mol. The Hall–Kier alpha value is -4.03. The molecule has 1 aliphatic carbocycles. The highest BCUT2D eigenvalue weighted by molar-refractivity contribution is 5.89. The van der Waals surface area contributed by atoms with E-state index in [1.54, 1.807) is 17.8 Å². The molecule has 6 rings (SSSR count). The lowest BCUT2D eigenvalue weighted by Gasteiger charge is -2.39. The lowest BCUT2D eigenvalue weighted by atomic mass is 9.90. The number of hydrogen-bond acceptors (Lipinski definition) is 6. The second-order valence-corrected chi connectivity index (χ2v) is 11.9. The second-order valence-electron chi connectivity index (χ2n) is 11.9. The first-order valence-electron chi connectivity index (χ1n) is 14.3. The van der Waals surface area contributed by atoms with E-state index in [9.17, 15) is 27.9 Å². The average Bonchev–Trinajstić information content (AvgIpc) is 3.64. The predicted octanol–water partition coefficient (Wildman–Crippen LogP) is 3.83. The quantitative estimate of drug-likeness (QED) is 0.336. The number of likely N-dealkylation sites (tertiary alicyclic amines) is 1. The summed E-state index contributed by atoms with van der Waals surface area (Å²) in [5.41, 5.74) is 7.54. The van der Waals surface area contributed by atoms with Crippen molar-refractivity contribution in [2.75, 3.05) is 13.1 Å². The van der Waals surface area contributed by atoms with Gasteiger partial charge in [-0.2, -0.15) is 18.3 Å². The molecule has 1 saturated heterocycles. The number of halogens is 3. The van der Waals surface area contributed by atoms with Crippen LogP contribution in [0.15, 0.2) is 65.7 Å². The van der Waals surface area contributed by atoms with Crippen molar-refractivity contribution in [3.8, 4) is 11.3 Å². The summed E-state index contributed by atoms with van der Waals surface area (Å²) < 4.78 is 44.2. The number of nitrogens with two attached hydrogens (primary N) is 1. The Morgan fingerprint density at radius 2 is 1.67 bits per heavy atom. The summed E-state index contributed by atoms with van der Waals surface area (Å²) in [7, 11) is 1.74. The monoisotopic (exact) mass is 594 g/mol. The van der Waals surface area contributed by atoms with Crippen molar-refractivity contribution < 1.29 is 23.1 Å². The standard InChI is InChI=1S/C31H33F3N6O3/c1-38-27(21-7-9-22(10-8-21)30(35)11-12-30)25-26(37-38)28(42)40(19-36-25)18-29(43)13-15-39(16-14-29)24(41)17-23(31(32,33)34)20-5-3-2-4-6-20/h2-10,19,23,43H,11-18,35H2,1H3/t23-/m1/s1. The average molecular weight is 595 g/mol. The third-order valence-corrected chi connectivity index (χ3v) is 8.82. The van der Waals surface area contributed by atoms with Gasteiger partial charge in [-0.15, -0.1) is 0 Å². The van der Waals surface area contributed by atoms with E-state index >= 15 is 0 Å². The Labute approximate surface area is 245 Å². The highest BCUT2D eigenvalue weighted by Crippen LogP contribution is 2.43. The Bertz CT molecular complexity index is 1700. The summed E-state index contributed by atoms with van der Waals surface area (Å²) in [5.74, 6) is -2.53. The number of amides is 1. The first kappa shape index (κ1) is 29.1. The summed E-state index contributed by atoms with van der Waals surface area (Å²) in [4.78, 5) is 32.2. The molecule has 12 heteroatoms. The van der Waals surface area contributed by atoms with Gasteiger partial charge in [0.15, 0.2) is 5.52 Å². The predicted molar refractivity (Wildman–Crippen MR) is 154 cm³/mol. The van der Waals surface area contributed by atoms with Crippen molar-refractivity contribution in [2.45, 2.75) is 61.9 Å². The van der Waals surface area contributed by atoms with Gasteiger partial charge >= 0.3 is 6.18 Å². The molecule has 2 aromatic heterocycles. The second kappa shape index (κ2) is 10.6. The zero-order valence-electron chi connectivity index (χ0n) is 23.7. The van der Waals surface area contributed by atoms with Crippen LogP contribution in [0.2, 0.25) is 0 Å². The fraction of sp³-hybridized carbons (Fsp3) is 0.419. The molecule has 2 fully saturated rings. The summed E-state index contributed by atoms with van der Waals surface area (Å²) in [5, 5.41) is 15.7. The number of benzene rings is 2. The molecular formula is C31H33F3N6O3. The number of carbonyl (C=O) groups excluding carboxylic acids is 1. The number of nitrogens with zero attached hydrogens (tertiary/aromatic N) is 5. The van der Waals surface area contributed by atoms with Crippen molar-refractivity contribution in [3.05, 3.63) is 82.4 Å². The molecule has 2 aliphatic rings. The highest BCUT2D eigenvalue weighted by Gasteiger charge is 2.44. The Kier molecular flexibility index (Phi) is 7.16. The third-order valence-electron chi connectivity index (χ3n) is 8.82. The van der Waals surface area contributed by atoms with Gasteiger partial charge < -0.3 is 15.7 Å². The van der Waals surface area contributed by atoms with Gasteiger partial charge in [-0.25, -0.2) is 4.98 Å². The summed E-state index contributed by atoms with van der Waals surface area (Å²) >= 11 is 0. The van der Waals surface area contributed by atoms with E-state index in [0.29, 0.717) is 11.2 Å². The molecule has 3 heterocycles. The van der Waals surface area contributed by atoms with Crippen molar-refractivity contribution in [2.24, 2.45) is 12.8 Å². The number of aryl methyl sites for hydroxylation is 1. The lowest BCUT2D eigenvalue weighted by Crippen LogP contribution is -2.50. The zero-order valence-corrected chi connectivity index (χ0v) is 23.7. The van der Waals surface area contributed by atoms with Crippen molar-refractivity contribution in [3.63, 3.8) is 0 Å². The van der Waals surface area contributed by atoms with E-state index in [0.717, 1.165) is 24.0 Å². The molecule has 0 bridgehead atoms. The van der Waals surface area contributed by atoms with Gasteiger partial charge in [0, 0.05) is 37.7 Å². The molecule has 0 radical (unpaired) electrons. The number of fused-ring (bicyclic) bond motifs is 1. The van der Waals surface area contributed by atoms with Crippen LogP contribution in [0.25, 0.3) is 22.3 Å². The molecule has 4 aromatic rings. The van der Waals surface area contributed by atoms with Gasteiger partial charge in [0.05, 0.1) is 30.1 Å². The van der Waals surface area contributed by atoms with Crippen LogP contribution in [-0.2, 0) is 23.9 Å². The maximum atomic E-state index is 13.8. The molecule has 1 saturated carbocycles. The smallest absolute Gasteiger partial charge is 0.388 e. The van der Waals surface area contributed by atoms with E-state index in [1.807, 2.05) is 24.3 Å². The number of aliphatic hydroxyl groups is 1. The van der Waals surface area contributed by atoms with Crippen LogP contribution >= 0.6 is 0 Å². The topological polar surface area (TPSA) is 119 Å². The van der Waals surface area contributed by atoms with E-state index in [4.69, 9.17) is 5.73 Å². The van der Waals surface area contributed by atoms with Gasteiger partial charge in [-0.1, -0.05) is 54.6 Å². The number of hydrogen-bond donors (Lipinski definition) is 2. The fourth-order valence-electron chi connectivity index (χ4n) is 5.97. The van der Waals surface area contributed by atoms with E-state index in [-0.39, 0.29) is 49.1 Å². The molecule has 1 atom stereocenters. The molecule has 43 heavy (non-hydrogen) atoms. The van der Waals surface area contributed by atoms with Crippen LogP contribution in [0.4, 0.5) is 13.2 Å². The molecule has 0 spiro atoms. The maximum absolute atomic E-state index is 13.8. The molecule has 2 aromatic carbocycles. The number of rotatable bonds is 7. The van der Waals surface area contributed by atoms with Gasteiger partial charge in [0.25, 0.3) is 5.56 Å². The highest BCUT2D eigenvalue weighted by atomic mass is 19.4. The Morgan fingerprint density at radius 1 is 1.02 bits per heavy atom. The van der Waals surface area contributed by atoms with Gasteiger partial charge in [0.2, 0.25) is 5.91 Å².